The topological polar surface area (TPSA) is 46.2 Å². The fourth-order valence-electron chi connectivity index (χ4n) is 1.24. The van der Waals surface area contributed by atoms with Crippen molar-refractivity contribution in [2.45, 2.75) is 6.92 Å². The third-order valence-corrected chi connectivity index (χ3v) is 2.86. The van der Waals surface area contributed by atoms with Gasteiger partial charge in [0.05, 0.1) is 0 Å². The van der Waals surface area contributed by atoms with E-state index in [9.17, 15) is 9.59 Å². The SMILES string of the molecule is CNC(=O)c1ccc(C=CCSC(C)=O)cc1. The summed E-state index contributed by atoms with van der Waals surface area (Å²) in [5.41, 5.74) is 1.66. The van der Waals surface area contributed by atoms with E-state index < -0.39 is 0 Å². The van der Waals surface area contributed by atoms with Crippen LogP contribution in [0.25, 0.3) is 6.08 Å². The first-order valence-corrected chi connectivity index (χ1v) is 6.24. The molecule has 1 N–H and O–H groups in total. The summed E-state index contributed by atoms with van der Waals surface area (Å²) < 4.78 is 0. The average molecular weight is 249 g/mol. The van der Waals surface area contributed by atoms with Crippen LogP contribution in [0.1, 0.15) is 22.8 Å². The molecule has 0 fully saturated rings. The van der Waals surface area contributed by atoms with Gasteiger partial charge in [-0.3, -0.25) is 9.59 Å². The third kappa shape index (κ3) is 4.87. The summed E-state index contributed by atoms with van der Waals surface area (Å²) in [4.78, 5) is 22.0. The van der Waals surface area contributed by atoms with E-state index in [1.807, 2.05) is 24.3 Å². The number of hydrogen-bond acceptors (Lipinski definition) is 3. The first kappa shape index (κ1) is 13.5. The molecule has 1 amide bonds. The van der Waals surface area contributed by atoms with Gasteiger partial charge >= 0.3 is 0 Å². The Morgan fingerprint density at radius 1 is 1.29 bits per heavy atom. The Morgan fingerprint density at radius 2 is 1.94 bits per heavy atom. The average Bonchev–Trinajstić information content (AvgIpc) is 2.34. The Morgan fingerprint density at radius 3 is 2.47 bits per heavy atom. The van der Waals surface area contributed by atoms with Crippen molar-refractivity contribution in [2.24, 2.45) is 0 Å². The first-order valence-electron chi connectivity index (χ1n) is 5.25. The number of carbonyl (C=O) groups excluding carboxylic acids is 2. The van der Waals surface area contributed by atoms with Crippen molar-refractivity contribution < 1.29 is 9.59 Å². The quantitative estimate of drug-likeness (QED) is 0.891. The molecule has 0 aliphatic carbocycles. The van der Waals surface area contributed by atoms with E-state index in [0.717, 1.165) is 5.56 Å². The van der Waals surface area contributed by atoms with Crippen molar-refractivity contribution in [3.63, 3.8) is 0 Å². The molecule has 0 saturated heterocycles. The van der Waals surface area contributed by atoms with Crippen molar-refractivity contribution in [3.8, 4) is 0 Å². The number of amides is 1. The van der Waals surface area contributed by atoms with E-state index >= 15 is 0 Å². The van der Waals surface area contributed by atoms with Gasteiger partial charge in [0.2, 0.25) is 0 Å². The highest BCUT2D eigenvalue weighted by Gasteiger charge is 2.00. The van der Waals surface area contributed by atoms with Crippen molar-refractivity contribution in [1.29, 1.82) is 0 Å². The molecule has 0 saturated carbocycles. The highest BCUT2D eigenvalue weighted by Crippen LogP contribution is 2.08. The number of nitrogens with one attached hydrogen (secondary N) is 1. The van der Waals surface area contributed by atoms with Crippen LogP contribution in [0.2, 0.25) is 0 Å². The number of benzene rings is 1. The second-order valence-electron chi connectivity index (χ2n) is 3.41. The van der Waals surface area contributed by atoms with E-state index in [4.69, 9.17) is 0 Å². The maximum atomic E-state index is 11.3. The lowest BCUT2D eigenvalue weighted by atomic mass is 10.1. The standard InChI is InChI=1S/C13H15NO2S/c1-10(15)17-9-3-4-11-5-7-12(8-6-11)13(16)14-2/h3-8H,9H2,1-2H3,(H,14,16). The molecule has 0 radical (unpaired) electrons. The van der Waals surface area contributed by atoms with Crippen LogP contribution in [-0.4, -0.2) is 23.8 Å². The van der Waals surface area contributed by atoms with Gasteiger partial charge in [0.25, 0.3) is 5.91 Å². The maximum absolute atomic E-state index is 11.3. The molecular weight excluding hydrogens is 234 g/mol. The second kappa shape index (κ2) is 6.91. The van der Waals surface area contributed by atoms with Gasteiger partial charge in [-0.05, 0) is 17.7 Å². The molecular formula is C13H15NO2S. The van der Waals surface area contributed by atoms with Crippen molar-refractivity contribution in [2.75, 3.05) is 12.8 Å². The van der Waals surface area contributed by atoms with Crippen LogP contribution >= 0.6 is 11.8 Å². The van der Waals surface area contributed by atoms with Gasteiger partial charge in [0, 0.05) is 25.3 Å². The van der Waals surface area contributed by atoms with Gasteiger partial charge in [-0.1, -0.05) is 36.0 Å². The normalized spacial score (nSPS) is 10.5. The summed E-state index contributed by atoms with van der Waals surface area (Å²) in [5.74, 6) is 0.583. The summed E-state index contributed by atoms with van der Waals surface area (Å²) in [5, 5.41) is 2.68. The summed E-state index contributed by atoms with van der Waals surface area (Å²) in [6, 6.07) is 7.30. The lowest BCUT2D eigenvalue weighted by Crippen LogP contribution is -2.17. The van der Waals surface area contributed by atoms with Crippen molar-refractivity contribution in [1.82, 2.24) is 5.32 Å². The zero-order valence-electron chi connectivity index (χ0n) is 9.90. The van der Waals surface area contributed by atoms with Crippen molar-refractivity contribution >= 4 is 28.9 Å². The largest absolute Gasteiger partial charge is 0.355 e. The molecule has 0 aliphatic heterocycles. The Labute approximate surface area is 105 Å². The van der Waals surface area contributed by atoms with E-state index in [2.05, 4.69) is 5.32 Å². The fraction of sp³-hybridized carbons (Fsp3) is 0.231. The minimum atomic E-state index is -0.0901. The molecule has 0 aromatic heterocycles. The minimum absolute atomic E-state index is 0.0901. The smallest absolute Gasteiger partial charge is 0.251 e. The predicted octanol–water partition coefficient (Wildman–Crippen LogP) is 2.34. The van der Waals surface area contributed by atoms with Gasteiger partial charge in [-0.2, -0.15) is 0 Å². The molecule has 1 aromatic carbocycles. The van der Waals surface area contributed by atoms with E-state index in [1.165, 1.54) is 11.8 Å². The van der Waals surface area contributed by atoms with Crippen LogP contribution < -0.4 is 5.32 Å². The van der Waals surface area contributed by atoms with Crippen LogP contribution in [0, 0.1) is 0 Å². The van der Waals surface area contributed by atoms with Gasteiger partial charge in [0.1, 0.15) is 0 Å². The van der Waals surface area contributed by atoms with Crippen LogP contribution in [0.5, 0.6) is 0 Å². The highest BCUT2D eigenvalue weighted by atomic mass is 32.2. The minimum Gasteiger partial charge on any atom is -0.355 e. The first-order chi connectivity index (χ1) is 8.13. The van der Waals surface area contributed by atoms with Crippen LogP contribution in [0.4, 0.5) is 0 Å². The van der Waals surface area contributed by atoms with E-state index in [0.29, 0.717) is 11.3 Å². The number of carbonyl (C=O) groups is 2. The Balaban J connectivity index is 2.56. The molecule has 0 heterocycles. The second-order valence-corrected chi connectivity index (χ2v) is 4.60. The maximum Gasteiger partial charge on any atom is 0.251 e. The zero-order valence-corrected chi connectivity index (χ0v) is 10.7. The molecule has 0 bridgehead atoms. The summed E-state index contributed by atoms with van der Waals surface area (Å²) in [7, 11) is 1.61. The number of thioether (sulfide) groups is 1. The van der Waals surface area contributed by atoms with E-state index in [1.54, 1.807) is 26.1 Å². The van der Waals surface area contributed by atoms with Crippen molar-refractivity contribution in [3.05, 3.63) is 41.5 Å². The molecule has 0 atom stereocenters. The summed E-state index contributed by atoms with van der Waals surface area (Å²) in [6.45, 7) is 1.55. The number of hydrogen-bond donors (Lipinski definition) is 1. The van der Waals surface area contributed by atoms with Gasteiger partial charge in [-0.25, -0.2) is 0 Å². The van der Waals surface area contributed by atoms with Crippen LogP contribution in [-0.2, 0) is 4.79 Å². The number of rotatable bonds is 4. The molecule has 1 rings (SSSR count). The Hall–Kier alpha value is -1.55. The molecule has 90 valence electrons. The molecule has 3 nitrogen and oxygen atoms in total. The zero-order chi connectivity index (χ0) is 12.7. The summed E-state index contributed by atoms with van der Waals surface area (Å²) in [6.07, 6.45) is 3.87. The van der Waals surface area contributed by atoms with Gasteiger partial charge < -0.3 is 5.32 Å². The molecule has 0 unspecified atom stereocenters. The molecule has 4 heteroatoms. The monoisotopic (exact) mass is 249 g/mol. The molecule has 0 spiro atoms. The van der Waals surface area contributed by atoms with Crippen LogP contribution in [0.3, 0.4) is 0 Å². The van der Waals surface area contributed by atoms with E-state index in [-0.39, 0.29) is 11.0 Å². The highest BCUT2D eigenvalue weighted by molar-refractivity contribution is 8.13. The fourth-order valence-corrected chi connectivity index (χ4v) is 1.67. The third-order valence-electron chi connectivity index (χ3n) is 2.09. The molecule has 0 aliphatic rings. The molecule has 17 heavy (non-hydrogen) atoms. The van der Waals surface area contributed by atoms with Crippen LogP contribution in [0.15, 0.2) is 30.3 Å². The van der Waals surface area contributed by atoms with Gasteiger partial charge in [-0.15, -0.1) is 0 Å². The predicted molar refractivity (Wildman–Crippen MR) is 72.0 cm³/mol. The lowest BCUT2D eigenvalue weighted by molar-refractivity contribution is -0.109. The Bertz CT molecular complexity index is 424. The Kier molecular flexibility index (Phi) is 5.49. The summed E-state index contributed by atoms with van der Waals surface area (Å²) >= 11 is 1.27. The molecule has 1 aromatic rings. The lowest BCUT2D eigenvalue weighted by Gasteiger charge is -1.99. The van der Waals surface area contributed by atoms with Gasteiger partial charge in [0.15, 0.2) is 5.12 Å².